The van der Waals surface area contributed by atoms with Gasteiger partial charge in [0.15, 0.2) is 0 Å². The van der Waals surface area contributed by atoms with E-state index in [4.69, 9.17) is 0 Å². The zero-order valence-corrected chi connectivity index (χ0v) is 15.1. The molecule has 1 N–H and O–H groups in total. The highest BCUT2D eigenvalue weighted by molar-refractivity contribution is 5.55. The Morgan fingerprint density at radius 2 is 1.84 bits per heavy atom. The Labute approximate surface area is 149 Å². The van der Waals surface area contributed by atoms with Crippen LogP contribution in [0.25, 0.3) is 0 Å². The minimum Gasteiger partial charge on any atom is -0.369 e. The van der Waals surface area contributed by atoms with Gasteiger partial charge < -0.3 is 15.1 Å². The van der Waals surface area contributed by atoms with Crippen LogP contribution >= 0.6 is 0 Å². The minimum absolute atomic E-state index is 0.0723. The molecule has 0 aliphatic carbocycles. The van der Waals surface area contributed by atoms with E-state index in [1.165, 1.54) is 5.56 Å². The molecule has 1 fully saturated rings. The average molecular weight is 342 g/mol. The van der Waals surface area contributed by atoms with Crippen molar-refractivity contribution in [3.63, 3.8) is 0 Å². The number of hydrogen-bond donors (Lipinski definition) is 1. The maximum atomic E-state index is 13.9. The third kappa shape index (κ3) is 4.55. The lowest BCUT2D eigenvalue weighted by Gasteiger charge is -2.37. The van der Waals surface area contributed by atoms with Crippen molar-refractivity contribution in [2.75, 3.05) is 37.6 Å². The molecule has 0 saturated carbocycles. The van der Waals surface area contributed by atoms with E-state index in [-0.39, 0.29) is 11.9 Å². The molecular weight excluding hydrogens is 315 g/mol. The maximum Gasteiger partial charge on any atom is 0.123 e. The first-order chi connectivity index (χ1) is 12.2. The summed E-state index contributed by atoms with van der Waals surface area (Å²) in [6, 6.07) is 9.23. The third-order valence-corrected chi connectivity index (χ3v) is 4.98. The van der Waals surface area contributed by atoms with Crippen LogP contribution in [0.4, 0.5) is 10.1 Å². The van der Waals surface area contributed by atoms with Crippen molar-refractivity contribution in [3.05, 3.63) is 59.7 Å². The Hall–Kier alpha value is -1.98. The molecule has 0 radical (unpaired) electrons. The number of pyridine rings is 1. The number of likely N-dealkylation sites (N-methyl/N-ethyl adjacent to an activating group) is 1. The van der Waals surface area contributed by atoms with Gasteiger partial charge >= 0.3 is 0 Å². The number of benzene rings is 1. The Balaban J connectivity index is 1.72. The molecule has 0 unspecified atom stereocenters. The lowest BCUT2D eigenvalue weighted by atomic mass is 10.0. The molecule has 2 heterocycles. The van der Waals surface area contributed by atoms with Crippen LogP contribution in [0.1, 0.15) is 31.0 Å². The molecule has 0 bridgehead atoms. The number of rotatable bonds is 6. The molecule has 0 amide bonds. The fraction of sp³-hybridized carbons (Fsp3) is 0.450. The first kappa shape index (κ1) is 17.8. The van der Waals surface area contributed by atoms with Gasteiger partial charge in [-0.2, -0.15) is 0 Å². The average Bonchev–Trinajstić information content (AvgIpc) is 2.67. The van der Waals surface area contributed by atoms with Crippen LogP contribution < -0.4 is 10.2 Å². The van der Waals surface area contributed by atoms with E-state index in [1.54, 1.807) is 24.5 Å². The zero-order chi connectivity index (χ0) is 17.6. The van der Waals surface area contributed by atoms with Gasteiger partial charge in [-0.3, -0.25) is 4.98 Å². The van der Waals surface area contributed by atoms with Crippen LogP contribution in [0, 0.1) is 5.82 Å². The molecule has 1 aliphatic rings. The lowest BCUT2D eigenvalue weighted by Crippen LogP contribution is -2.46. The predicted molar refractivity (Wildman–Crippen MR) is 100 cm³/mol. The summed E-state index contributed by atoms with van der Waals surface area (Å²) in [4.78, 5) is 8.87. The Bertz CT molecular complexity index is 669. The lowest BCUT2D eigenvalue weighted by molar-refractivity contribution is 0.271. The molecule has 1 aromatic carbocycles. The molecule has 4 nitrogen and oxygen atoms in total. The van der Waals surface area contributed by atoms with E-state index in [0.29, 0.717) is 0 Å². The van der Waals surface area contributed by atoms with Crippen molar-refractivity contribution >= 4 is 5.69 Å². The number of nitrogens with one attached hydrogen (secondary N) is 1. The van der Waals surface area contributed by atoms with Gasteiger partial charge in [-0.15, -0.1) is 0 Å². The highest BCUT2D eigenvalue weighted by Gasteiger charge is 2.20. The van der Waals surface area contributed by atoms with Gasteiger partial charge in [-0.25, -0.2) is 4.39 Å². The fourth-order valence-corrected chi connectivity index (χ4v) is 3.35. The summed E-state index contributed by atoms with van der Waals surface area (Å²) >= 11 is 0. The van der Waals surface area contributed by atoms with Crippen molar-refractivity contribution < 1.29 is 4.39 Å². The summed E-state index contributed by atoms with van der Waals surface area (Å²) < 4.78 is 13.9. The van der Waals surface area contributed by atoms with Crippen LogP contribution in [0.2, 0.25) is 0 Å². The first-order valence-electron chi connectivity index (χ1n) is 9.06. The smallest absolute Gasteiger partial charge is 0.123 e. The summed E-state index contributed by atoms with van der Waals surface area (Å²) in [6.45, 7) is 10.2. The molecule has 5 heteroatoms. The zero-order valence-electron chi connectivity index (χ0n) is 15.1. The SMILES string of the molecule is CCN1CCN(c2ccc(F)cc2[C@H](C)NCc2ccncc2)CC1. The molecule has 1 atom stereocenters. The highest BCUT2D eigenvalue weighted by Crippen LogP contribution is 2.28. The van der Waals surface area contributed by atoms with E-state index in [1.807, 2.05) is 18.2 Å². The topological polar surface area (TPSA) is 31.4 Å². The molecule has 1 saturated heterocycles. The van der Waals surface area contributed by atoms with Crippen LogP contribution in [-0.2, 0) is 6.54 Å². The van der Waals surface area contributed by atoms with E-state index < -0.39 is 0 Å². The number of piperazine rings is 1. The van der Waals surface area contributed by atoms with E-state index in [9.17, 15) is 4.39 Å². The van der Waals surface area contributed by atoms with Gasteiger partial charge in [0, 0.05) is 56.8 Å². The second kappa shape index (κ2) is 8.41. The summed E-state index contributed by atoms with van der Waals surface area (Å²) in [7, 11) is 0. The number of aromatic nitrogens is 1. The number of anilines is 1. The van der Waals surface area contributed by atoms with E-state index >= 15 is 0 Å². The first-order valence-corrected chi connectivity index (χ1v) is 9.06. The quantitative estimate of drug-likeness (QED) is 0.873. The van der Waals surface area contributed by atoms with Gasteiger partial charge in [0.25, 0.3) is 0 Å². The predicted octanol–water partition coefficient (Wildman–Crippen LogP) is 3.21. The van der Waals surface area contributed by atoms with Crippen molar-refractivity contribution in [2.45, 2.75) is 26.4 Å². The molecule has 25 heavy (non-hydrogen) atoms. The third-order valence-electron chi connectivity index (χ3n) is 4.98. The maximum absolute atomic E-state index is 13.9. The normalized spacial score (nSPS) is 16.8. The second-order valence-electron chi connectivity index (χ2n) is 6.58. The molecule has 2 aromatic rings. The molecule has 134 valence electrons. The van der Waals surface area contributed by atoms with Crippen LogP contribution in [0.5, 0.6) is 0 Å². The van der Waals surface area contributed by atoms with Crippen LogP contribution in [-0.4, -0.2) is 42.6 Å². The summed E-state index contributed by atoms with van der Waals surface area (Å²) in [5.74, 6) is -0.177. The summed E-state index contributed by atoms with van der Waals surface area (Å²) in [5.41, 5.74) is 3.35. The van der Waals surface area contributed by atoms with Crippen molar-refractivity contribution in [2.24, 2.45) is 0 Å². The minimum atomic E-state index is -0.177. The molecular formula is C20H27FN4. The molecule has 1 aliphatic heterocycles. The number of nitrogens with zero attached hydrogens (tertiary/aromatic N) is 3. The molecule has 1 aromatic heterocycles. The van der Waals surface area contributed by atoms with E-state index in [0.717, 1.165) is 50.5 Å². The van der Waals surface area contributed by atoms with Crippen molar-refractivity contribution in [1.82, 2.24) is 15.2 Å². The van der Waals surface area contributed by atoms with Crippen molar-refractivity contribution in [3.8, 4) is 0 Å². The number of halogens is 1. The fourth-order valence-electron chi connectivity index (χ4n) is 3.35. The summed E-state index contributed by atoms with van der Waals surface area (Å²) in [6.07, 6.45) is 3.59. The Morgan fingerprint density at radius 1 is 1.12 bits per heavy atom. The van der Waals surface area contributed by atoms with Gasteiger partial charge in [-0.05, 0) is 54.9 Å². The molecule has 0 spiro atoms. The standard InChI is InChI=1S/C20H27FN4/c1-3-24-10-12-25(13-11-24)20-5-4-18(21)14-19(20)16(2)23-15-17-6-8-22-9-7-17/h4-9,14,16,23H,3,10-13,15H2,1-2H3/t16-/m0/s1. The van der Waals surface area contributed by atoms with Gasteiger partial charge in [0.1, 0.15) is 5.82 Å². The largest absolute Gasteiger partial charge is 0.369 e. The van der Waals surface area contributed by atoms with Gasteiger partial charge in [0.2, 0.25) is 0 Å². The molecule has 3 rings (SSSR count). The number of hydrogen-bond acceptors (Lipinski definition) is 4. The van der Waals surface area contributed by atoms with Gasteiger partial charge in [-0.1, -0.05) is 6.92 Å². The van der Waals surface area contributed by atoms with E-state index in [2.05, 4.69) is 33.9 Å². The van der Waals surface area contributed by atoms with Gasteiger partial charge in [0.05, 0.1) is 0 Å². The Kier molecular flexibility index (Phi) is 6.00. The van der Waals surface area contributed by atoms with Crippen LogP contribution in [0.3, 0.4) is 0 Å². The van der Waals surface area contributed by atoms with Crippen LogP contribution in [0.15, 0.2) is 42.7 Å². The summed E-state index contributed by atoms with van der Waals surface area (Å²) in [5, 5.41) is 3.51. The highest BCUT2D eigenvalue weighted by atomic mass is 19.1. The Morgan fingerprint density at radius 3 is 2.52 bits per heavy atom. The second-order valence-corrected chi connectivity index (χ2v) is 6.58. The van der Waals surface area contributed by atoms with Crippen molar-refractivity contribution in [1.29, 1.82) is 0 Å². The monoisotopic (exact) mass is 342 g/mol.